The number of nitriles is 1. The Labute approximate surface area is 283 Å². The number of aromatic nitrogens is 1. The molecule has 1 fully saturated rings. The number of rotatable bonds is 12. The summed E-state index contributed by atoms with van der Waals surface area (Å²) in [5.74, 6) is -3.14. The number of carboxylic acid groups (broad SMARTS) is 1. The van der Waals surface area contributed by atoms with Gasteiger partial charge in [0.05, 0.1) is 29.7 Å². The second kappa shape index (κ2) is 15.8. The lowest BCUT2D eigenvalue weighted by Gasteiger charge is -2.31. The number of carbonyl (C=O) groups excluding carboxylic acids is 1. The van der Waals surface area contributed by atoms with Crippen molar-refractivity contribution in [3.8, 4) is 17.2 Å². The van der Waals surface area contributed by atoms with E-state index in [2.05, 4.69) is 11.4 Å². The number of benzene rings is 2. The topological polar surface area (TPSA) is 115 Å². The zero-order chi connectivity index (χ0) is 34.6. The molecule has 0 spiro atoms. The average molecular weight is 689 g/mol. The van der Waals surface area contributed by atoms with Gasteiger partial charge in [-0.2, -0.15) is 31.9 Å². The molecular formula is C35H40F4N4O4S. The number of aryl methyl sites for hydroxylation is 2. The van der Waals surface area contributed by atoms with Gasteiger partial charge in [-0.15, -0.1) is 0 Å². The second-order valence-electron chi connectivity index (χ2n) is 12.6. The molecular weight excluding hydrogens is 648 g/mol. The highest BCUT2D eigenvalue weighted by Gasteiger charge is 2.36. The van der Waals surface area contributed by atoms with Crippen molar-refractivity contribution >= 4 is 25.4 Å². The summed E-state index contributed by atoms with van der Waals surface area (Å²) in [5, 5.41) is 22.1. The van der Waals surface area contributed by atoms with Gasteiger partial charge in [0.2, 0.25) is 5.91 Å². The SMILES string of the molecule is Cc1ccc(-c2cc(C)c(F)c([C@H](CC(=O)O)NC(=O)C(CC(C)C)n3cc(CCN4CCC4)c(C(F)(F)F)cc3=O)c2)c(C#N)c1.S. The van der Waals surface area contributed by atoms with E-state index in [4.69, 9.17) is 0 Å². The highest BCUT2D eigenvalue weighted by Crippen LogP contribution is 2.34. The van der Waals surface area contributed by atoms with Gasteiger partial charge in [0.25, 0.3) is 5.56 Å². The quantitative estimate of drug-likeness (QED) is 0.212. The molecule has 2 atom stereocenters. The van der Waals surface area contributed by atoms with E-state index in [9.17, 15) is 37.9 Å². The number of likely N-dealkylation sites (tertiary alicyclic amines) is 1. The molecule has 8 nitrogen and oxygen atoms in total. The molecule has 0 saturated carbocycles. The van der Waals surface area contributed by atoms with Gasteiger partial charge < -0.3 is 19.9 Å². The second-order valence-corrected chi connectivity index (χ2v) is 12.6. The largest absolute Gasteiger partial charge is 0.481 e. The lowest BCUT2D eigenvalue weighted by Crippen LogP contribution is -2.41. The first kappa shape index (κ1) is 38.3. The Hall–Kier alpha value is -4.15. The highest BCUT2D eigenvalue weighted by atomic mass is 32.1. The van der Waals surface area contributed by atoms with Crippen LogP contribution in [-0.4, -0.2) is 46.1 Å². The fraction of sp³-hybridized carbons (Fsp3) is 0.429. The number of hydrogen-bond acceptors (Lipinski definition) is 5. The third-order valence-electron chi connectivity index (χ3n) is 8.41. The number of carbonyl (C=O) groups is 2. The minimum Gasteiger partial charge on any atom is -0.481 e. The van der Waals surface area contributed by atoms with Crippen LogP contribution in [0.1, 0.15) is 78.6 Å². The molecule has 258 valence electrons. The molecule has 1 amide bonds. The van der Waals surface area contributed by atoms with Gasteiger partial charge in [-0.05, 0) is 98.1 Å². The van der Waals surface area contributed by atoms with Crippen LogP contribution in [0.25, 0.3) is 11.1 Å². The van der Waals surface area contributed by atoms with Crippen LogP contribution in [0, 0.1) is 36.9 Å². The van der Waals surface area contributed by atoms with Gasteiger partial charge in [-0.1, -0.05) is 26.0 Å². The van der Waals surface area contributed by atoms with E-state index in [1.54, 1.807) is 32.0 Å². The van der Waals surface area contributed by atoms with E-state index < -0.39 is 53.5 Å². The molecule has 13 heteroatoms. The molecule has 1 aromatic heterocycles. The maximum absolute atomic E-state index is 15.7. The van der Waals surface area contributed by atoms with Gasteiger partial charge in [0.1, 0.15) is 11.9 Å². The third kappa shape index (κ3) is 9.05. The number of alkyl halides is 3. The van der Waals surface area contributed by atoms with Crippen LogP contribution < -0.4 is 10.9 Å². The van der Waals surface area contributed by atoms with Crippen molar-refractivity contribution in [3.63, 3.8) is 0 Å². The molecule has 0 bridgehead atoms. The molecule has 0 aliphatic carbocycles. The Morgan fingerprint density at radius 3 is 2.35 bits per heavy atom. The third-order valence-corrected chi connectivity index (χ3v) is 8.41. The van der Waals surface area contributed by atoms with Crippen molar-refractivity contribution in [2.24, 2.45) is 5.92 Å². The molecule has 0 radical (unpaired) electrons. The predicted octanol–water partition coefficient (Wildman–Crippen LogP) is 6.44. The Kier molecular flexibility index (Phi) is 12.6. The minimum absolute atomic E-state index is 0. The number of hydrogen-bond donors (Lipinski definition) is 2. The van der Waals surface area contributed by atoms with Crippen molar-refractivity contribution < 1.29 is 32.3 Å². The van der Waals surface area contributed by atoms with Gasteiger partial charge in [0, 0.05) is 24.4 Å². The van der Waals surface area contributed by atoms with Crippen molar-refractivity contribution in [3.05, 3.63) is 92.1 Å². The molecule has 2 N–H and O–H groups in total. The van der Waals surface area contributed by atoms with E-state index in [0.717, 1.165) is 35.8 Å². The molecule has 1 aliphatic rings. The normalized spacial score (nSPS) is 14.4. The molecule has 48 heavy (non-hydrogen) atoms. The van der Waals surface area contributed by atoms with Crippen LogP contribution in [0.2, 0.25) is 0 Å². The summed E-state index contributed by atoms with van der Waals surface area (Å²) >= 11 is 0. The zero-order valence-corrected chi connectivity index (χ0v) is 28.2. The van der Waals surface area contributed by atoms with Gasteiger partial charge >= 0.3 is 12.1 Å². The van der Waals surface area contributed by atoms with Gasteiger partial charge in [0.15, 0.2) is 0 Å². The van der Waals surface area contributed by atoms with Gasteiger partial charge in [-0.3, -0.25) is 14.4 Å². The number of aliphatic carboxylic acids is 1. The first-order chi connectivity index (χ1) is 22.1. The van der Waals surface area contributed by atoms with E-state index in [0.29, 0.717) is 29.3 Å². The predicted molar refractivity (Wildman–Crippen MR) is 178 cm³/mol. The fourth-order valence-corrected chi connectivity index (χ4v) is 5.87. The molecule has 4 rings (SSSR count). The fourth-order valence-electron chi connectivity index (χ4n) is 5.87. The maximum atomic E-state index is 15.7. The maximum Gasteiger partial charge on any atom is 0.416 e. The zero-order valence-electron chi connectivity index (χ0n) is 27.2. The Morgan fingerprint density at radius 2 is 1.79 bits per heavy atom. The Bertz CT molecular complexity index is 1760. The van der Waals surface area contributed by atoms with E-state index in [-0.39, 0.29) is 48.9 Å². The van der Waals surface area contributed by atoms with E-state index >= 15 is 4.39 Å². The lowest BCUT2D eigenvalue weighted by atomic mass is 9.91. The molecule has 3 aromatic rings. The summed E-state index contributed by atoms with van der Waals surface area (Å²) in [6.07, 6.45) is -3.42. The molecule has 2 aromatic carbocycles. The summed E-state index contributed by atoms with van der Waals surface area (Å²) in [7, 11) is 0. The monoisotopic (exact) mass is 688 g/mol. The van der Waals surface area contributed by atoms with Crippen LogP contribution in [0.5, 0.6) is 0 Å². The van der Waals surface area contributed by atoms with Crippen LogP contribution in [-0.2, 0) is 22.2 Å². The number of nitrogens with one attached hydrogen (secondary N) is 1. The summed E-state index contributed by atoms with van der Waals surface area (Å²) in [6.45, 7) is 8.73. The number of nitrogens with zero attached hydrogens (tertiary/aromatic N) is 3. The van der Waals surface area contributed by atoms with Crippen LogP contribution in [0.15, 0.2) is 47.4 Å². The highest BCUT2D eigenvalue weighted by molar-refractivity contribution is 7.59. The van der Waals surface area contributed by atoms with Crippen molar-refractivity contribution in [2.75, 3.05) is 19.6 Å². The molecule has 1 unspecified atom stereocenters. The summed E-state index contributed by atoms with van der Waals surface area (Å²) in [6, 6.07) is 7.96. The average Bonchev–Trinajstić information content (AvgIpc) is 2.95. The number of carboxylic acids is 1. The summed E-state index contributed by atoms with van der Waals surface area (Å²) in [4.78, 5) is 41.1. The van der Waals surface area contributed by atoms with Crippen molar-refractivity contribution in [2.45, 2.75) is 71.6 Å². The van der Waals surface area contributed by atoms with Crippen LogP contribution in [0.3, 0.4) is 0 Å². The first-order valence-corrected chi connectivity index (χ1v) is 15.5. The Balaban J connectivity index is 0.00000625. The van der Waals surface area contributed by atoms with E-state index in [1.165, 1.54) is 19.1 Å². The summed E-state index contributed by atoms with van der Waals surface area (Å²) in [5.41, 5.74) is -0.139. The molecule has 1 saturated heterocycles. The van der Waals surface area contributed by atoms with Crippen LogP contribution >= 0.6 is 13.5 Å². The Morgan fingerprint density at radius 1 is 1.10 bits per heavy atom. The summed E-state index contributed by atoms with van der Waals surface area (Å²) < 4.78 is 58.6. The van der Waals surface area contributed by atoms with Gasteiger partial charge in [-0.25, -0.2) is 4.39 Å². The minimum atomic E-state index is -4.78. The smallest absolute Gasteiger partial charge is 0.416 e. The lowest BCUT2D eigenvalue weighted by molar-refractivity contribution is -0.139. The van der Waals surface area contributed by atoms with Crippen molar-refractivity contribution in [1.82, 2.24) is 14.8 Å². The molecule has 1 aliphatic heterocycles. The first-order valence-electron chi connectivity index (χ1n) is 15.5. The van der Waals surface area contributed by atoms with E-state index in [1.807, 2.05) is 11.8 Å². The number of pyridine rings is 1. The van der Waals surface area contributed by atoms with Crippen molar-refractivity contribution in [1.29, 1.82) is 5.26 Å². The number of amides is 1. The number of halogens is 4. The standard InChI is InChI=1S/C35H38F4N4O4.H2S/c1-20(2)12-30(43-19-23(8-11-42-9-5-10-42)28(16-31(43)44)35(37,38)39)34(47)41-29(17-32(45)46)27-15-24(14-22(4)33(27)36)26-7-6-21(3)13-25(26)18-40;/h6-7,13-16,19-20,29-30H,5,8-12,17H2,1-4H3,(H,41,47)(H,45,46);1H2/t29-,30?;/m0./s1. The molecule has 2 heterocycles. The van der Waals surface area contributed by atoms with Crippen LogP contribution in [0.4, 0.5) is 17.6 Å².